The van der Waals surface area contributed by atoms with Crippen LogP contribution < -0.4 is 0 Å². The summed E-state index contributed by atoms with van der Waals surface area (Å²) >= 11 is 0. The fourth-order valence-corrected chi connectivity index (χ4v) is 2.36. The highest BCUT2D eigenvalue weighted by atomic mass is 19.1. The van der Waals surface area contributed by atoms with Crippen LogP contribution >= 0.6 is 0 Å². The van der Waals surface area contributed by atoms with E-state index in [9.17, 15) is 9.18 Å². The third-order valence-electron chi connectivity index (χ3n) is 3.37. The van der Waals surface area contributed by atoms with E-state index < -0.39 is 5.97 Å². The molecule has 2 aromatic heterocycles. The first-order valence-electron chi connectivity index (χ1n) is 6.00. The summed E-state index contributed by atoms with van der Waals surface area (Å²) in [6, 6.07) is 7.83. The fourth-order valence-electron chi connectivity index (χ4n) is 2.36. The second-order valence-electron chi connectivity index (χ2n) is 4.64. The minimum Gasteiger partial charge on any atom is -0.477 e. The molecule has 5 nitrogen and oxygen atoms in total. The van der Waals surface area contributed by atoms with E-state index in [0.29, 0.717) is 5.69 Å². The van der Waals surface area contributed by atoms with Gasteiger partial charge in [-0.3, -0.25) is 4.68 Å². The number of aromatic nitrogens is 3. The molecule has 3 aromatic rings. The van der Waals surface area contributed by atoms with Crippen LogP contribution in [0.3, 0.4) is 0 Å². The van der Waals surface area contributed by atoms with Crippen molar-refractivity contribution in [1.29, 1.82) is 0 Å². The van der Waals surface area contributed by atoms with Crippen molar-refractivity contribution in [1.82, 2.24) is 14.3 Å². The number of benzene rings is 1. The first-order valence-corrected chi connectivity index (χ1v) is 6.00. The summed E-state index contributed by atoms with van der Waals surface area (Å²) in [6.45, 7) is 0. The van der Waals surface area contributed by atoms with E-state index in [1.54, 1.807) is 19.2 Å². The molecule has 0 bridgehead atoms. The number of carboxylic acid groups (broad SMARTS) is 1. The molecule has 2 heterocycles. The summed E-state index contributed by atoms with van der Waals surface area (Å²) in [5.74, 6) is -1.34. The van der Waals surface area contributed by atoms with Gasteiger partial charge in [0.25, 0.3) is 0 Å². The van der Waals surface area contributed by atoms with Gasteiger partial charge in [-0.15, -0.1) is 0 Å². The highest BCUT2D eigenvalue weighted by Crippen LogP contribution is 2.27. The Bertz CT molecular complexity index is 832. The highest BCUT2D eigenvalue weighted by molar-refractivity contribution is 5.89. The topological polar surface area (TPSA) is 60.0 Å². The largest absolute Gasteiger partial charge is 0.477 e. The van der Waals surface area contributed by atoms with Gasteiger partial charge in [0.1, 0.15) is 17.2 Å². The summed E-state index contributed by atoms with van der Waals surface area (Å²) in [5.41, 5.74) is 2.26. The molecule has 0 spiro atoms. The van der Waals surface area contributed by atoms with Crippen LogP contribution in [0.25, 0.3) is 22.3 Å². The van der Waals surface area contributed by atoms with Gasteiger partial charge in [0.05, 0.1) is 5.69 Å². The van der Waals surface area contributed by atoms with Crippen LogP contribution in [0.1, 0.15) is 10.5 Å². The Kier molecular flexibility index (Phi) is 2.60. The second kappa shape index (κ2) is 4.19. The minimum atomic E-state index is -1.03. The molecule has 0 unspecified atom stereocenters. The van der Waals surface area contributed by atoms with Crippen LogP contribution in [0.15, 0.2) is 30.3 Å². The molecule has 0 aliphatic heterocycles. The predicted octanol–water partition coefficient (Wildman–Crippen LogP) is 2.42. The Hall–Kier alpha value is -2.63. The third kappa shape index (κ3) is 1.77. The van der Waals surface area contributed by atoms with Gasteiger partial charge in [0, 0.05) is 31.1 Å². The van der Waals surface area contributed by atoms with Gasteiger partial charge in [0.15, 0.2) is 0 Å². The molecular weight excluding hydrogens is 261 g/mol. The normalized spacial score (nSPS) is 11.2. The number of carbonyl (C=O) groups is 1. The maximum Gasteiger partial charge on any atom is 0.354 e. The average molecular weight is 273 g/mol. The second-order valence-corrected chi connectivity index (χ2v) is 4.64. The number of rotatable bonds is 2. The maximum atomic E-state index is 13.2. The first-order chi connectivity index (χ1) is 9.47. The smallest absolute Gasteiger partial charge is 0.354 e. The van der Waals surface area contributed by atoms with E-state index in [-0.39, 0.29) is 11.5 Å². The van der Waals surface area contributed by atoms with Crippen LogP contribution in [0.4, 0.5) is 4.39 Å². The molecule has 0 aliphatic rings. The van der Waals surface area contributed by atoms with E-state index in [1.165, 1.54) is 22.9 Å². The number of fused-ring (bicyclic) bond motifs is 1. The van der Waals surface area contributed by atoms with Crippen molar-refractivity contribution in [3.63, 3.8) is 0 Å². The Balaban J connectivity index is 2.22. The molecule has 0 radical (unpaired) electrons. The highest BCUT2D eigenvalue weighted by Gasteiger charge is 2.16. The average Bonchev–Trinajstić information content (AvgIpc) is 2.90. The van der Waals surface area contributed by atoms with Gasteiger partial charge in [-0.2, -0.15) is 5.10 Å². The molecule has 0 amide bonds. The van der Waals surface area contributed by atoms with Gasteiger partial charge in [0.2, 0.25) is 0 Å². The lowest BCUT2D eigenvalue weighted by atomic mass is 10.2. The molecule has 0 fully saturated rings. The van der Waals surface area contributed by atoms with E-state index in [2.05, 4.69) is 5.10 Å². The van der Waals surface area contributed by atoms with E-state index in [1.807, 2.05) is 11.6 Å². The molecule has 0 aliphatic carbocycles. The SMILES string of the molecule is Cn1nc(-c2cc3cc(F)ccc3n2C)cc1C(=O)O. The summed E-state index contributed by atoms with van der Waals surface area (Å²) in [4.78, 5) is 11.1. The van der Waals surface area contributed by atoms with Gasteiger partial charge < -0.3 is 9.67 Å². The molecule has 1 aromatic carbocycles. The zero-order valence-electron chi connectivity index (χ0n) is 11.0. The molecule has 0 saturated carbocycles. The quantitative estimate of drug-likeness (QED) is 0.780. The lowest BCUT2D eigenvalue weighted by molar-refractivity contribution is 0.0685. The minimum absolute atomic E-state index is 0.108. The number of aromatic carboxylic acids is 1. The number of carboxylic acids is 1. The maximum absolute atomic E-state index is 13.2. The molecule has 6 heteroatoms. The summed E-state index contributed by atoms with van der Waals surface area (Å²) < 4.78 is 16.4. The Morgan fingerprint density at radius 2 is 2.00 bits per heavy atom. The third-order valence-corrected chi connectivity index (χ3v) is 3.37. The fraction of sp³-hybridized carbons (Fsp3) is 0.143. The number of hydrogen-bond acceptors (Lipinski definition) is 2. The number of hydrogen-bond donors (Lipinski definition) is 1. The number of nitrogens with zero attached hydrogens (tertiary/aromatic N) is 3. The molecule has 3 rings (SSSR count). The molecular formula is C14H12FN3O2. The standard InChI is InChI=1S/C14H12FN3O2/c1-17-11-4-3-9(15)5-8(11)6-12(17)10-7-13(14(19)20)18(2)16-10/h3-7H,1-2H3,(H,19,20). The first kappa shape index (κ1) is 12.4. The molecule has 1 N–H and O–H groups in total. The van der Waals surface area contributed by atoms with Crippen molar-refractivity contribution in [3.05, 3.63) is 41.8 Å². The van der Waals surface area contributed by atoms with Gasteiger partial charge >= 0.3 is 5.97 Å². The molecule has 20 heavy (non-hydrogen) atoms. The van der Waals surface area contributed by atoms with Gasteiger partial charge in [-0.1, -0.05) is 0 Å². The van der Waals surface area contributed by atoms with Crippen LogP contribution in [-0.2, 0) is 14.1 Å². The van der Waals surface area contributed by atoms with E-state index in [0.717, 1.165) is 16.6 Å². The van der Waals surface area contributed by atoms with E-state index in [4.69, 9.17) is 5.11 Å². The Morgan fingerprint density at radius 1 is 1.25 bits per heavy atom. The zero-order chi connectivity index (χ0) is 14.4. The van der Waals surface area contributed by atoms with Crippen molar-refractivity contribution in [2.45, 2.75) is 0 Å². The Morgan fingerprint density at radius 3 is 2.65 bits per heavy atom. The van der Waals surface area contributed by atoms with Crippen molar-refractivity contribution in [2.24, 2.45) is 14.1 Å². The van der Waals surface area contributed by atoms with Gasteiger partial charge in [-0.25, -0.2) is 9.18 Å². The Labute approximate surface area is 113 Å². The zero-order valence-corrected chi connectivity index (χ0v) is 11.0. The summed E-state index contributed by atoms with van der Waals surface area (Å²) in [5, 5.41) is 14.0. The molecule has 0 saturated heterocycles. The van der Waals surface area contributed by atoms with Crippen LogP contribution in [0.5, 0.6) is 0 Å². The summed E-state index contributed by atoms with van der Waals surface area (Å²) in [7, 11) is 3.42. The summed E-state index contributed by atoms with van der Waals surface area (Å²) in [6.07, 6.45) is 0. The lowest BCUT2D eigenvalue weighted by Gasteiger charge is -2.00. The monoisotopic (exact) mass is 273 g/mol. The van der Waals surface area contributed by atoms with Crippen LogP contribution in [0, 0.1) is 5.82 Å². The van der Waals surface area contributed by atoms with Gasteiger partial charge in [-0.05, 0) is 24.3 Å². The van der Waals surface area contributed by atoms with Crippen molar-refractivity contribution in [3.8, 4) is 11.4 Å². The van der Waals surface area contributed by atoms with Crippen molar-refractivity contribution < 1.29 is 14.3 Å². The van der Waals surface area contributed by atoms with Crippen molar-refractivity contribution >= 4 is 16.9 Å². The molecule has 102 valence electrons. The lowest BCUT2D eigenvalue weighted by Crippen LogP contribution is -2.04. The van der Waals surface area contributed by atoms with Crippen molar-refractivity contribution in [2.75, 3.05) is 0 Å². The molecule has 0 atom stereocenters. The number of halogens is 1. The van der Waals surface area contributed by atoms with E-state index >= 15 is 0 Å². The number of aryl methyl sites for hydroxylation is 2. The predicted molar refractivity (Wildman–Crippen MR) is 72.0 cm³/mol. The van der Waals surface area contributed by atoms with Crippen LogP contribution in [-0.4, -0.2) is 25.4 Å². The van der Waals surface area contributed by atoms with Crippen LogP contribution in [0.2, 0.25) is 0 Å².